The molecule has 2 heteroatoms. The third kappa shape index (κ3) is 6.31. The van der Waals surface area contributed by atoms with E-state index in [2.05, 4.69) is 88.8 Å². The zero-order valence-electron chi connectivity index (χ0n) is 31.9. The van der Waals surface area contributed by atoms with E-state index >= 15 is 0 Å². The minimum atomic E-state index is 0.596. The lowest BCUT2D eigenvalue weighted by Crippen LogP contribution is -2.52. The molecule has 10 rings (SSSR count). The Morgan fingerprint density at radius 2 is 1.56 bits per heavy atom. The molecule has 9 aliphatic carbocycles. The van der Waals surface area contributed by atoms with Gasteiger partial charge in [0.25, 0.3) is 0 Å². The molecule has 0 amide bonds. The van der Waals surface area contributed by atoms with Crippen molar-refractivity contribution in [1.29, 1.82) is 0 Å². The fourth-order valence-electron chi connectivity index (χ4n) is 13.2. The molecule has 10 aliphatic rings. The van der Waals surface area contributed by atoms with Crippen LogP contribution >= 0.6 is 0 Å². The predicted molar refractivity (Wildman–Crippen MR) is 218 cm³/mol. The third-order valence-corrected chi connectivity index (χ3v) is 15.7. The summed E-state index contributed by atoms with van der Waals surface area (Å²) in [5, 5.41) is 0. The number of allylic oxidation sites excluding steroid dienone is 15. The summed E-state index contributed by atoms with van der Waals surface area (Å²) >= 11 is 0. The standard InChI is InChI=1S/C50H64N2/c1-3-11-35(12-4-1)37-21-26-43(27-22-37)51(44-28-23-38(24-29-44)40-20-19-36-13-7-8-14-39(36)33-40)45-30-32-46-41(34-45)25-31-48-47-17-9-10-18-49(47)52(50(46)48)42-15-5-2-6-16-42/h1-3,5,8,11,14,18-19,21,23,28,33,38,40,42-45,47-48,50H,4,6-7,9-10,12-13,15-17,20,22,24-27,29-32,34H2/t38-,40?,42?,43?,44?,45-,47?,48?,50?/m0/s1. The number of rotatable bonds is 6. The second kappa shape index (κ2) is 14.8. The van der Waals surface area contributed by atoms with E-state index in [4.69, 9.17) is 0 Å². The molecule has 0 aromatic heterocycles. The number of nitrogens with zero attached hydrogens (tertiary/aromatic N) is 2. The second-order valence-corrected chi connectivity index (χ2v) is 18.3. The van der Waals surface area contributed by atoms with Crippen molar-refractivity contribution in [3.8, 4) is 0 Å². The molecule has 0 aromatic carbocycles. The van der Waals surface area contributed by atoms with Crippen LogP contribution in [0.1, 0.15) is 135 Å². The van der Waals surface area contributed by atoms with Crippen molar-refractivity contribution < 1.29 is 0 Å². The maximum atomic E-state index is 3.15. The monoisotopic (exact) mass is 693 g/mol. The van der Waals surface area contributed by atoms with Gasteiger partial charge < -0.3 is 4.90 Å². The molecule has 0 N–H and O–H groups in total. The van der Waals surface area contributed by atoms with E-state index in [1.54, 1.807) is 22.4 Å². The molecule has 0 bridgehead atoms. The maximum absolute atomic E-state index is 3.15. The molecule has 0 aromatic rings. The van der Waals surface area contributed by atoms with Gasteiger partial charge in [0.2, 0.25) is 0 Å². The van der Waals surface area contributed by atoms with E-state index in [-0.39, 0.29) is 0 Å². The molecule has 1 saturated heterocycles. The third-order valence-electron chi connectivity index (χ3n) is 15.7. The molecule has 9 atom stereocenters. The Balaban J connectivity index is 0.921. The van der Waals surface area contributed by atoms with Crippen LogP contribution in [0.5, 0.6) is 0 Å². The minimum absolute atomic E-state index is 0.596. The Hall–Kier alpha value is -2.84. The van der Waals surface area contributed by atoms with Crippen LogP contribution < -0.4 is 0 Å². The largest absolute Gasteiger partial charge is 0.365 e. The summed E-state index contributed by atoms with van der Waals surface area (Å²) in [6.07, 6.45) is 60.4. The van der Waals surface area contributed by atoms with E-state index in [0.29, 0.717) is 36.0 Å². The van der Waals surface area contributed by atoms with Crippen LogP contribution in [0.15, 0.2) is 118 Å². The van der Waals surface area contributed by atoms with Crippen LogP contribution in [0.25, 0.3) is 0 Å². The first kappa shape index (κ1) is 33.7. The van der Waals surface area contributed by atoms with E-state index in [0.717, 1.165) is 17.9 Å². The van der Waals surface area contributed by atoms with Crippen molar-refractivity contribution in [3.05, 3.63) is 118 Å². The van der Waals surface area contributed by atoms with E-state index in [1.165, 1.54) is 140 Å². The van der Waals surface area contributed by atoms with Crippen molar-refractivity contribution in [2.24, 2.45) is 23.7 Å². The first-order valence-corrected chi connectivity index (χ1v) is 22.2. The molecule has 0 saturated carbocycles. The Morgan fingerprint density at radius 3 is 2.40 bits per heavy atom. The quantitative estimate of drug-likeness (QED) is 0.256. The van der Waals surface area contributed by atoms with Crippen LogP contribution in [0.3, 0.4) is 0 Å². The van der Waals surface area contributed by atoms with Crippen molar-refractivity contribution >= 4 is 0 Å². The molecule has 7 unspecified atom stereocenters. The molecule has 1 fully saturated rings. The summed E-state index contributed by atoms with van der Waals surface area (Å²) in [7, 11) is 0. The van der Waals surface area contributed by atoms with Gasteiger partial charge in [0.05, 0.1) is 6.04 Å². The van der Waals surface area contributed by atoms with Crippen LogP contribution in [0.4, 0.5) is 0 Å². The van der Waals surface area contributed by atoms with Crippen molar-refractivity contribution in [1.82, 2.24) is 9.80 Å². The lowest BCUT2D eigenvalue weighted by Gasteiger charge is -2.49. The molecule has 52 heavy (non-hydrogen) atoms. The van der Waals surface area contributed by atoms with Crippen molar-refractivity contribution in [3.63, 3.8) is 0 Å². The van der Waals surface area contributed by atoms with Crippen LogP contribution in [-0.4, -0.2) is 40.0 Å². The fraction of sp³-hybridized carbons (Fsp3) is 0.600. The average Bonchev–Trinajstić information content (AvgIpc) is 3.57. The maximum Gasteiger partial charge on any atom is 0.0539 e. The summed E-state index contributed by atoms with van der Waals surface area (Å²) in [4.78, 5) is 6.21. The first-order chi connectivity index (χ1) is 25.8. The number of hydrogen-bond acceptors (Lipinski definition) is 2. The molecule has 1 aliphatic heterocycles. The van der Waals surface area contributed by atoms with Gasteiger partial charge in [-0.15, -0.1) is 0 Å². The Morgan fingerprint density at radius 1 is 0.635 bits per heavy atom. The van der Waals surface area contributed by atoms with E-state index in [1.807, 2.05) is 11.1 Å². The number of fused-ring (bicyclic) bond motifs is 5. The van der Waals surface area contributed by atoms with Gasteiger partial charge in [-0.25, -0.2) is 0 Å². The summed E-state index contributed by atoms with van der Waals surface area (Å²) in [6.45, 7) is 0. The second-order valence-electron chi connectivity index (χ2n) is 18.3. The predicted octanol–water partition coefficient (Wildman–Crippen LogP) is 12.3. The SMILES string of the molecule is C1=CCCC(C2=CCC(N(C3C=C[C@H](C4C=C5C=CCCC5=CC4)CC3)[C@H]3CCC4=C(CCC5C6CCCC=C6N(C6CC=CCC6)C45)C3)CC2)=C1. The number of likely N-dealkylation sites (tertiary alicyclic amines) is 1. The van der Waals surface area contributed by atoms with Gasteiger partial charge in [0, 0.05) is 35.8 Å². The fourth-order valence-corrected chi connectivity index (χ4v) is 13.2. The molecule has 0 radical (unpaired) electrons. The smallest absolute Gasteiger partial charge is 0.0539 e. The van der Waals surface area contributed by atoms with E-state index < -0.39 is 0 Å². The molecule has 274 valence electrons. The van der Waals surface area contributed by atoms with Gasteiger partial charge >= 0.3 is 0 Å². The lowest BCUT2D eigenvalue weighted by atomic mass is 9.69. The highest BCUT2D eigenvalue weighted by Gasteiger charge is 2.51. The van der Waals surface area contributed by atoms with Gasteiger partial charge in [0.1, 0.15) is 0 Å². The Kier molecular flexibility index (Phi) is 9.57. The van der Waals surface area contributed by atoms with Gasteiger partial charge in [-0.05, 0) is 180 Å². The lowest BCUT2D eigenvalue weighted by molar-refractivity contribution is 0.0673. The summed E-state index contributed by atoms with van der Waals surface area (Å²) in [5.41, 5.74) is 12.0. The summed E-state index contributed by atoms with van der Waals surface area (Å²) in [6, 6.07) is 3.40. The number of hydrogen-bond donors (Lipinski definition) is 0. The normalized spacial score (nSPS) is 38.4. The minimum Gasteiger partial charge on any atom is -0.365 e. The summed E-state index contributed by atoms with van der Waals surface area (Å²) < 4.78 is 0. The highest BCUT2D eigenvalue weighted by molar-refractivity contribution is 5.45. The van der Waals surface area contributed by atoms with Crippen LogP contribution in [0.2, 0.25) is 0 Å². The van der Waals surface area contributed by atoms with Crippen molar-refractivity contribution in [2.45, 2.75) is 165 Å². The molecule has 1 heterocycles. The Bertz CT molecular complexity index is 1700. The zero-order chi connectivity index (χ0) is 34.4. The highest BCUT2D eigenvalue weighted by Crippen LogP contribution is 2.55. The van der Waals surface area contributed by atoms with Gasteiger partial charge in [-0.2, -0.15) is 0 Å². The molecular weight excluding hydrogens is 629 g/mol. The van der Waals surface area contributed by atoms with Crippen LogP contribution in [-0.2, 0) is 0 Å². The van der Waals surface area contributed by atoms with Gasteiger partial charge in [-0.1, -0.05) is 84.6 Å². The van der Waals surface area contributed by atoms with E-state index in [9.17, 15) is 0 Å². The first-order valence-electron chi connectivity index (χ1n) is 22.2. The molecular formula is C50H64N2. The highest BCUT2D eigenvalue weighted by atomic mass is 15.2. The van der Waals surface area contributed by atoms with Crippen molar-refractivity contribution in [2.75, 3.05) is 0 Å². The zero-order valence-corrected chi connectivity index (χ0v) is 31.9. The van der Waals surface area contributed by atoms with Gasteiger partial charge in [-0.3, -0.25) is 4.90 Å². The van der Waals surface area contributed by atoms with Crippen LogP contribution in [0, 0.1) is 23.7 Å². The molecule has 0 spiro atoms. The topological polar surface area (TPSA) is 6.48 Å². The average molecular weight is 693 g/mol. The van der Waals surface area contributed by atoms with Gasteiger partial charge in [0.15, 0.2) is 0 Å². The Labute approximate surface area is 315 Å². The summed E-state index contributed by atoms with van der Waals surface area (Å²) in [5.74, 6) is 3.08. The molecule has 2 nitrogen and oxygen atoms in total.